The Morgan fingerprint density at radius 2 is 2.14 bits per heavy atom. The van der Waals surface area contributed by atoms with Crippen LogP contribution >= 0.6 is 0 Å². The number of hydrogen-bond donors (Lipinski definition) is 0. The highest BCUT2D eigenvalue weighted by atomic mass is 19.4. The molecular weight excluding hydrogens is 381 g/mol. The predicted octanol–water partition coefficient (Wildman–Crippen LogP) is 5.14. The van der Waals surface area contributed by atoms with Crippen molar-refractivity contribution in [2.75, 3.05) is 13.1 Å². The van der Waals surface area contributed by atoms with E-state index in [-0.39, 0.29) is 22.9 Å². The highest BCUT2D eigenvalue weighted by Crippen LogP contribution is 2.40. The Bertz CT molecular complexity index is 985. The molecule has 3 aromatic heterocycles. The van der Waals surface area contributed by atoms with Gasteiger partial charge in [-0.15, -0.1) is 0 Å². The van der Waals surface area contributed by atoms with Gasteiger partial charge in [-0.1, -0.05) is 25.1 Å². The van der Waals surface area contributed by atoms with Gasteiger partial charge in [0.25, 0.3) is 5.71 Å². The lowest BCUT2D eigenvalue weighted by molar-refractivity contribution is -0.136. The summed E-state index contributed by atoms with van der Waals surface area (Å²) in [6.07, 6.45) is 0.705. The third kappa shape index (κ3) is 4.12. The van der Waals surface area contributed by atoms with Crippen molar-refractivity contribution in [1.29, 1.82) is 0 Å². The van der Waals surface area contributed by atoms with Gasteiger partial charge >= 0.3 is 6.18 Å². The first-order valence-electron chi connectivity index (χ1n) is 9.81. The summed E-state index contributed by atoms with van der Waals surface area (Å²) in [7, 11) is 0. The van der Waals surface area contributed by atoms with Gasteiger partial charge in [-0.25, -0.2) is 4.98 Å². The van der Waals surface area contributed by atoms with Crippen LogP contribution in [0, 0.1) is 0 Å². The largest absolute Gasteiger partial charge is 0.417 e. The maximum absolute atomic E-state index is 13.8. The molecule has 29 heavy (non-hydrogen) atoms. The summed E-state index contributed by atoms with van der Waals surface area (Å²) >= 11 is 0. The van der Waals surface area contributed by atoms with E-state index in [2.05, 4.69) is 20.0 Å². The molecule has 0 spiro atoms. The van der Waals surface area contributed by atoms with Crippen LogP contribution in [-0.2, 0) is 12.7 Å². The second-order valence-electron chi connectivity index (χ2n) is 7.93. The number of piperidine rings is 1. The smallest absolute Gasteiger partial charge is 0.336 e. The molecule has 0 aromatic carbocycles. The minimum Gasteiger partial charge on any atom is -0.336 e. The zero-order valence-corrected chi connectivity index (χ0v) is 16.4. The molecular formula is C21H23F3N4O. The minimum atomic E-state index is -4.49. The number of alkyl halides is 3. The summed E-state index contributed by atoms with van der Waals surface area (Å²) < 4.78 is 46.8. The van der Waals surface area contributed by atoms with Crippen LogP contribution in [0.15, 0.2) is 35.1 Å². The average molecular weight is 404 g/mol. The highest BCUT2D eigenvalue weighted by Gasteiger charge is 2.38. The molecule has 1 fully saturated rings. The normalized spacial score (nSPS) is 18.6. The zero-order valence-electron chi connectivity index (χ0n) is 16.4. The first-order valence-corrected chi connectivity index (χ1v) is 9.81. The van der Waals surface area contributed by atoms with Gasteiger partial charge in [0.15, 0.2) is 0 Å². The fourth-order valence-corrected chi connectivity index (χ4v) is 3.96. The molecule has 1 saturated heterocycles. The standard InChI is InChI=1S/C21H23F3N4O/c1-13(2)17-9-16(21(22,23)24)18-19(27-29-20(18)26-17)15-6-4-8-28(12-15)11-14-5-3-7-25-10-14/h3,5,7,9-10,13,15H,4,6,8,11-12H2,1-2H3. The highest BCUT2D eigenvalue weighted by molar-refractivity contribution is 5.81. The van der Waals surface area contributed by atoms with Gasteiger partial charge in [-0.3, -0.25) is 9.88 Å². The Morgan fingerprint density at radius 3 is 2.83 bits per heavy atom. The molecule has 1 aliphatic heterocycles. The van der Waals surface area contributed by atoms with Gasteiger partial charge < -0.3 is 4.52 Å². The SMILES string of the molecule is CC(C)c1cc(C(F)(F)F)c2c(C3CCCN(Cc4cccnc4)C3)noc2n1. The fourth-order valence-electron chi connectivity index (χ4n) is 3.96. The van der Waals surface area contributed by atoms with Crippen LogP contribution in [0.1, 0.15) is 61.0 Å². The topological polar surface area (TPSA) is 55.1 Å². The number of rotatable bonds is 4. The van der Waals surface area contributed by atoms with Crippen molar-refractivity contribution in [3.05, 3.63) is 53.1 Å². The minimum absolute atomic E-state index is 0.00938. The number of halogens is 3. The van der Waals surface area contributed by atoms with Crippen LogP contribution in [0.25, 0.3) is 11.1 Å². The summed E-state index contributed by atoms with van der Waals surface area (Å²) in [5.41, 5.74) is 1.08. The summed E-state index contributed by atoms with van der Waals surface area (Å²) in [5.74, 6) is -0.270. The van der Waals surface area contributed by atoms with E-state index in [0.717, 1.165) is 31.0 Å². The number of aromatic nitrogens is 3. The number of fused-ring (bicyclic) bond motifs is 1. The van der Waals surface area contributed by atoms with E-state index in [1.165, 1.54) is 0 Å². The second-order valence-corrected chi connectivity index (χ2v) is 7.93. The van der Waals surface area contributed by atoms with Gasteiger partial charge in [0.2, 0.25) is 0 Å². The van der Waals surface area contributed by atoms with Crippen LogP contribution in [0.4, 0.5) is 13.2 Å². The Balaban J connectivity index is 1.68. The molecule has 0 bridgehead atoms. The van der Waals surface area contributed by atoms with Crippen LogP contribution in [0.5, 0.6) is 0 Å². The van der Waals surface area contributed by atoms with Gasteiger partial charge in [0.1, 0.15) is 0 Å². The third-order valence-electron chi connectivity index (χ3n) is 5.41. The van der Waals surface area contributed by atoms with Crippen molar-refractivity contribution >= 4 is 11.1 Å². The van der Waals surface area contributed by atoms with Gasteiger partial charge in [0, 0.05) is 37.1 Å². The fraction of sp³-hybridized carbons (Fsp3) is 0.476. The van der Waals surface area contributed by atoms with Crippen molar-refractivity contribution in [3.8, 4) is 0 Å². The molecule has 4 rings (SSSR count). The Hall–Kier alpha value is -2.48. The maximum Gasteiger partial charge on any atom is 0.417 e. The van der Waals surface area contributed by atoms with Crippen LogP contribution in [0.2, 0.25) is 0 Å². The zero-order chi connectivity index (χ0) is 20.6. The average Bonchev–Trinajstić information content (AvgIpc) is 3.11. The lowest BCUT2D eigenvalue weighted by Crippen LogP contribution is -2.34. The van der Waals surface area contributed by atoms with Crippen molar-refractivity contribution in [3.63, 3.8) is 0 Å². The monoisotopic (exact) mass is 404 g/mol. The molecule has 1 unspecified atom stereocenters. The molecule has 0 N–H and O–H groups in total. The second kappa shape index (κ2) is 7.74. The predicted molar refractivity (Wildman–Crippen MR) is 102 cm³/mol. The van der Waals surface area contributed by atoms with Gasteiger partial charge in [-0.05, 0) is 43.0 Å². The van der Waals surface area contributed by atoms with E-state index in [4.69, 9.17) is 4.52 Å². The van der Waals surface area contributed by atoms with Crippen LogP contribution < -0.4 is 0 Å². The van der Waals surface area contributed by atoms with Crippen LogP contribution in [-0.4, -0.2) is 33.1 Å². The molecule has 5 nitrogen and oxygen atoms in total. The lowest BCUT2D eigenvalue weighted by atomic mass is 9.91. The molecule has 1 aliphatic rings. The summed E-state index contributed by atoms with van der Waals surface area (Å²) in [5, 5.41) is 4.07. The van der Waals surface area contributed by atoms with Crippen molar-refractivity contribution in [2.45, 2.75) is 51.2 Å². The van der Waals surface area contributed by atoms with E-state index < -0.39 is 11.7 Å². The molecule has 0 saturated carbocycles. The molecule has 0 radical (unpaired) electrons. The molecule has 1 atom stereocenters. The molecule has 154 valence electrons. The van der Waals surface area contributed by atoms with E-state index in [9.17, 15) is 13.2 Å². The molecule has 4 heterocycles. The van der Waals surface area contributed by atoms with E-state index in [1.807, 2.05) is 32.2 Å². The number of hydrogen-bond acceptors (Lipinski definition) is 5. The van der Waals surface area contributed by atoms with E-state index in [1.54, 1.807) is 6.20 Å². The molecule has 8 heteroatoms. The van der Waals surface area contributed by atoms with Crippen molar-refractivity contribution in [2.24, 2.45) is 0 Å². The Kier molecular flexibility index (Phi) is 5.29. The quantitative estimate of drug-likeness (QED) is 0.603. The number of pyridine rings is 2. The molecule has 0 aliphatic carbocycles. The maximum atomic E-state index is 13.8. The molecule has 3 aromatic rings. The van der Waals surface area contributed by atoms with Gasteiger partial charge in [0.05, 0.1) is 16.6 Å². The third-order valence-corrected chi connectivity index (χ3v) is 5.41. The van der Waals surface area contributed by atoms with E-state index >= 15 is 0 Å². The Labute approximate surface area is 166 Å². The van der Waals surface area contributed by atoms with Crippen molar-refractivity contribution in [1.82, 2.24) is 20.0 Å². The Morgan fingerprint density at radius 1 is 1.31 bits per heavy atom. The van der Waals surface area contributed by atoms with Crippen molar-refractivity contribution < 1.29 is 17.7 Å². The number of likely N-dealkylation sites (tertiary alicyclic amines) is 1. The summed E-state index contributed by atoms with van der Waals surface area (Å²) in [4.78, 5) is 10.7. The molecule has 0 amide bonds. The van der Waals surface area contributed by atoms with Gasteiger partial charge in [-0.2, -0.15) is 13.2 Å². The summed E-state index contributed by atoms with van der Waals surface area (Å²) in [6.45, 7) is 5.84. The summed E-state index contributed by atoms with van der Waals surface area (Å²) in [6, 6.07) is 5.03. The number of nitrogens with zero attached hydrogens (tertiary/aromatic N) is 4. The van der Waals surface area contributed by atoms with Crippen LogP contribution in [0.3, 0.4) is 0 Å². The lowest BCUT2D eigenvalue weighted by Gasteiger charge is -2.32. The van der Waals surface area contributed by atoms with E-state index in [0.29, 0.717) is 24.5 Å². The first-order chi connectivity index (χ1) is 13.8. The first kappa shape index (κ1) is 19.8.